The molecule has 3 nitrogen and oxygen atoms in total. The summed E-state index contributed by atoms with van der Waals surface area (Å²) in [4.78, 5) is 14.3. The summed E-state index contributed by atoms with van der Waals surface area (Å²) >= 11 is 0. The van der Waals surface area contributed by atoms with Crippen molar-refractivity contribution in [1.82, 2.24) is 4.90 Å². The number of benzene rings is 1. The molecule has 1 heterocycles. The smallest absolute Gasteiger partial charge is 0.222 e. The third-order valence-corrected chi connectivity index (χ3v) is 4.48. The minimum atomic E-state index is 0. The average Bonchev–Trinajstić information content (AvgIpc) is 3.15. The molecule has 1 saturated carbocycles. The molecule has 110 valence electrons. The summed E-state index contributed by atoms with van der Waals surface area (Å²) in [5, 5.41) is 0. The van der Waals surface area contributed by atoms with Gasteiger partial charge < -0.3 is 10.6 Å². The summed E-state index contributed by atoms with van der Waals surface area (Å²) < 4.78 is 0. The number of hydrogen-bond donors (Lipinski definition) is 1. The van der Waals surface area contributed by atoms with E-state index in [4.69, 9.17) is 5.73 Å². The normalized spacial score (nSPS) is 25.4. The van der Waals surface area contributed by atoms with Gasteiger partial charge in [0.25, 0.3) is 0 Å². The van der Waals surface area contributed by atoms with E-state index >= 15 is 0 Å². The molecular weight excluding hydrogens is 272 g/mol. The van der Waals surface area contributed by atoms with Crippen molar-refractivity contribution in [3.8, 4) is 0 Å². The van der Waals surface area contributed by atoms with E-state index in [-0.39, 0.29) is 12.4 Å². The van der Waals surface area contributed by atoms with Crippen molar-refractivity contribution in [2.24, 2.45) is 17.6 Å². The second-order valence-electron chi connectivity index (χ2n) is 5.96. The second kappa shape index (κ2) is 6.59. The zero-order valence-electron chi connectivity index (χ0n) is 11.7. The van der Waals surface area contributed by atoms with Crippen LogP contribution in [0.15, 0.2) is 30.3 Å². The number of likely N-dealkylation sites (tertiary alicyclic amines) is 1. The number of carbonyl (C=O) groups is 1. The highest BCUT2D eigenvalue weighted by Crippen LogP contribution is 2.36. The first-order valence-electron chi connectivity index (χ1n) is 7.30. The van der Waals surface area contributed by atoms with E-state index in [1.54, 1.807) is 0 Å². The lowest BCUT2D eigenvalue weighted by Crippen LogP contribution is -2.29. The van der Waals surface area contributed by atoms with Crippen LogP contribution in [0.25, 0.3) is 0 Å². The number of halogens is 1. The molecule has 3 rings (SSSR count). The molecule has 0 bridgehead atoms. The predicted octanol–water partition coefficient (Wildman–Crippen LogP) is 2.41. The highest BCUT2D eigenvalue weighted by molar-refractivity contribution is 5.85. The van der Waals surface area contributed by atoms with Gasteiger partial charge in [0.1, 0.15) is 0 Å². The van der Waals surface area contributed by atoms with Gasteiger partial charge >= 0.3 is 0 Å². The van der Waals surface area contributed by atoms with Gasteiger partial charge in [-0.15, -0.1) is 12.4 Å². The fourth-order valence-electron chi connectivity index (χ4n) is 3.09. The van der Waals surface area contributed by atoms with Crippen molar-refractivity contribution in [3.05, 3.63) is 35.9 Å². The van der Waals surface area contributed by atoms with E-state index in [1.807, 2.05) is 11.0 Å². The van der Waals surface area contributed by atoms with E-state index < -0.39 is 0 Å². The lowest BCUT2D eigenvalue weighted by Gasteiger charge is -2.16. The van der Waals surface area contributed by atoms with Crippen molar-refractivity contribution in [2.75, 3.05) is 19.6 Å². The van der Waals surface area contributed by atoms with E-state index in [9.17, 15) is 4.79 Å². The monoisotopic (exact) mass is 294 g/mol. The van der Waals surface area contributed by atoms with Gasteiger partial charge in [-0.3, -0.25) is 4.79 Å². The van der Waals surface area contributed by atoms with Crippen molar-refractivity contribution in [1.29, 1.82) is 0 Å². The van der Waals surface area contributed by atoms with Crippen LogP contribution in [0, 0.1) is 11.8 Å². The van der Waals surface area contributed by atoms with Crippen molar-refractivity contribution < 1.29 is 4.79 Å². The first-order valence-corrected chi connectivity index (χ1v) is 7.30. The molecule has 1 aromatic rings. The quantitative estimate of drug-likeness (QED) is 0.927. The summed E-state index contributed by atoms with van der Waals surface area (Å²) in [6.45, 7) is 2.34. The molecule has 1 amide bonds. The van der Waals surface area contributed by atoms with Gasteiger partial charge in [0.15, 0.2) is 0 Å². The summed E-state index contributed by atoms with van der Waals surface area (Å²) in [7, 11) is 0. The molecule has 20 heavy (non-hydrogen) atoms. The molecule has 1 aromatic carbocycles. The number of nitrogens with two attached hydrogens (primary N) is 1. The minimum Gasteiger partial charge on any atom is -0.342 e. The molecule has 1 aliphatic carbocycles. The Bertz CT molecular complexity index is 447. The summed E-state index contributed by atoms with van der Waals surface area (Å²) in [5.41, 5.74) is 7.22. The Kier molecular flexibility index (Phi) is 5.06. The SMILES string of the molecule is Cl.NC[C@@H]1CN(C(=O)CC2CC2)C[C@H]1c1ccccc1. The molecule has 2 fully saturated rings. The van der Waals surface area contributed by atoms with Gasteiger partial charge in [0, 0.05) is 25.4 Å². The van der Waals surface area contributed by atoms with E-state index in [2.05, 4.69) is 24.3 Å². The minimum absolute atomic E-state index is 0. The Morgan fingerprint density at radius 1 is 1.20 bits per heavy atom. The Balaban J connectivity index is 0.00000147. The number of nitrogens with zero attached hydrogens (tertiary/aromatic N) is 1. The van der Waals surface area contributed by atoms with Gasteiger partial charge in [-0.1, -0.05) is 30.3 Å². The molecule has 2 atom stereocenters. The van der Waals surface area contributed by atoms with Crippen LogP contribution in [0.1, 0.15) is 30.7 Å². The van der Waals surface area contributed by atoms with Crippen molar-refractivity contribution >= 4 is 18.3 Å². The van der Waals surface area contributed by atoms with Gasteiger partial charge in [-0.25, -0.2) is 0 Å². The maximum Gasteiger partial charge on any atom is 0.222 e. The predicted molar refractivity (Wildman–Crippen MR) is 82.9 cm³/mol. The topological polar surface area (TPSA) is 46.3 Å². The third-order valence-electron chi connectivity index (χ3n) is 4.48. The first kappa shape index (κ1) is 15.3. The molecule has 2 aliphatic rings. The average molecular weight is 295 g/mol. The van der Waals surface area contributed by atoms with Crippen LogP contribution in [0.4, 0.5) is 0 Å². The van der Waals surface area contributed by atoms with Crippen LogP contribution < -0.4 is 5.73 Å². The Labute approximate surface area is 126 Å². The molecule has 2 N–H and O–H groups in total. The zero-order valence-corrected chi connectivity index (χ0v) is 12.5. The maximum absolute atomic E-state index is 12.2. The molecule has 0 aromatic heterocycles. The second-order valence-corrected chi connectivity index (χ2v) is 5.96. The van der Waals surface area contributed by atoms with Gasteiger partial charge in [0.05, 0.1) is 0 Å². The zero-order chi connectivity index (χ0) is 13.2. The molecule has 0 unspecified atom stereocenters. The van der Waals surface area contributed by atoms with Gasteiger partial charge in [-0.2, -0.15) is 0 Å². The number of carbonyl (C=O) groups excluding carboxylic acids is 1. The standard InChI is InChI=1S/C16H22N2O.ClH/c17-9-14-10-18(16(19)8-12-6-7-12)11-15(14)13-4-2-1-3-5-13;/h1-5,12,14-15H,6-11,17H2;1H/t14-,15+;/m1./s1. The van der Waals surface area contributed by atoms with Crippen LogP contribution in [0.2, 0.25) is 0 Å². The third kappa shape index (κ3) is 3.33. The molecule has 0 radical (unpaired) electrons. The van der Waals surface area contributed by atoms with E-state index in [0.29, 0.717) is 30.2 Å². The van der Waals surface area contributed by atoms with Crippen LogP contribution in [-0.2, 0) is 4.79 Å². The number of amides is 1. The number of hydrogen-bond acceptors (Lipinski definition) is 2. The summed E-state index contributed by atoms with van der Waals surface area (Å²) in [6.07, 6.45) is 3.23. The van der Waals surface area contributed by atoms with Crippen molar-refractivity contribution in [2.45, 2.75) is 25.2 Å². The van der Waals surface area contributed by atoms with Crippen molar-refractivity contribution in [3.63, 3.8) is 0 Å². The Morgan fingerprint density at radius 2 is 1.90 bits per heavy atom. The van der Waals surface area contributed by atoms with Gasteiger partial charge in [0.2, 0.25) is 5.91 Å². The molecule has 0 spiro atoms. The largest absolute Gasteiger partial charge is 0.342 e. The fourth-order valence-corrected chi connectivity index (χ4v) is 3.09. The highest BCUT2D eigenvalue weighted by atomic mass is 35.5. The molecule has 1 saturated heterocycles. The summed E-state index contributed by atoms with van der Waals surface area (Å²) in [5.74, 6) is 1.82. The lowest BCUT2D eigenvalue weighted by molar-refractivity contribution is -0.130. The summed E-state index contributed by atoms with van der Waals surface area (Å²) in [6, 6.07) is 10.5. The van der Waals surface area contributed by atoms with Gasteiger partial charge in [-0.05, 0) is 36.8 Å². The van der Waals surface area contributed by atoms with E-state index in [0.717, 1.165) is 19.5 Å². The lowest BCUT2D eigenvalue weighted by atomic mass is 9.89. The molecular formula is C16H23ClN2O. The highest BCUT2D eigenvalue weighted by Gasteiger charge is 2.36. The van der Waals surface area contributed by atoms with E-state index in [1.165, 1.54) is 18.4 Å². The fraction of sp³-hybridized carbons (Fsp3) is 0.562. The van der Waals surface area contributed by atoms with Crippen LogP contribution in [0.5, 0.6) is 0 Å². The number of rotatable bonds is 4. The first-order chi connectivity index (χ1) is 9.28. The van der Waals surface area contributed by atoms with Crippen LogP contribution in [-0.4, -0.2) is 30.4 Å². The van der Waals surface area contributed by atoms with Crippen LogP contribution in [0.3, 0.4) is 0 Å². The maximum atomic E-state index is 12.2. The Hall–Kier alpha value is -1.06. The molecule has 4 heteroatoms. The molecule has 1 aliphatic heterocycles. The Morgan fingerprint density at radius 3 is 2.50 bits per heavy atom. The van der Waals surface area contributed by atoms with Crippen LogP contribution >= 0.6 is 12.4 Å².